The first kappa shape index (κ1) is 19.6. The lowest BCUT2D eigenvalue weighted by Gasteiger charge is -2.35. The smallest absolute Gasteiger partial charge is 0.234 e. The first-order valence-electron chi connectivity index (χ1n) is 9.35. The molecule has 0 unspecified atom stereocenters. The number of amides is 1. The fraction of sp³-hybridized carbons (Fsp3) is 0.381. The minimum Gasteiger partial charge on any atom is -0.508 e. The lowest BCUT2D eigenvalue weighted by atomic mass is 10.2. The van der Waals surface area contributed by atoms with Crippen molar-refractivity contribution in [1.82, 2.24) is 10.2 Å². The molecular weight excluding hydrogens is 358 g/mol. The summed E-state index contributed by atoms with van der Waals surface area (Å²) >= 11 is 1.84. The average molecular weight is 386 g/mol. The molecule has 2 N–H and O–H groups in total. The second kappa shape index (κ2) is 10.2. The molecule has 1 aliphatic rings. The maximum Gasteiger partial charge on any atom is 0.234 e. The van der Waals surface area contributed by atoms with Crippen LogP contribution in [0.15, 0.2) is 54.6 Å². The van der Waals surface area contributed by atoms with Crippen molar-refractivity contribution < 1.29 is 9.90 Å². The van der Waals surface area contributed by atoms with E-state index in [-0.39, 0.29) is 11.7 Å². The number of rotatable bonds is 8. The fourth-order valence-electron chi connectivity index (χ4n) is 3.11. The molecule has 3 rings (SSSR count). The van der Waals surface area contributed by atoms with Gasteiger partial charge in [-0.25, -0.2) is 0 Å². The minimum absolute atomic E-state index is 0.105. The van der Waals surface area contributed by atoms with Crippen molar-refractivity contribution in [3.63, 3.8) is 0 Å². The Morgan fingerprint density at radius 3 is 2.41 bits per heavy atom. The Hall–Kier alpha value is -2.18. The number of phenols is 1. The molecule has 0 aromatic heterocycles. The summed E-state index contributed by atoms with van der Waals surface area (Å²) in [5.41, 5.74) is 2.44. The van der Waals surface area contributed by atoms with Crippen molar-refractivity contribution in [2.75, 3.05) is 49.9 Å². The first-order chi connectivity index (χ1) is 13.2. The van der Waals surface area contributed by atoms with E-state index in [0.717, 1.165) is 43.4 Å². The zero-order valence-electron chi connectivity index (χ0n) is 15.5. The van der Waals surface area contributed by atoms with Crippen LogP contribution in [0.3, 0.4) is 0 Å². The summed E-state index contributed by atoms with van der Waals surface area (Å²) in [6.07, 6.45) is 0. The summed E-state index contributed by atoms with van der Waals surface area (Å²) in [6.45, 7) is 4.71. The third kappa shape index (κ3) is 6.48. The molecule has 144 valence electrons. The lowest BCUT2D eigenvalue weighted by Crippen LogP contribution is -2.49. The van der Waals surface area contributed by atoms with Crippen LogP contribution in [0.25, 0.3) is 0 Å². The number of thioether (sulfide) groups is 1. The van der Waals surface area contributed by atoms with Gasteiger partial charge in [-0.05, 0) is 29.8 Å². The number of anilines is 1. The van der Waals surface area contributed by atoms with Gasteiger partial charge in [0.05, 0.1) is 6.54 Å². The second-order valence-electron chi connectivity index (χ2n) is 6.67. The van der Waals surface area contributed by atoms with Crippen LogP contribution in [-0.2, 0) is 10.5 Å². The lowest BCUT2D eigenvalue weighted by molar-refractivity contribution is -0.122. The van der Waals surface area contributed by atoms with Crippen LogP contribution in [-0.4, -0.2) is 60.9 Å². The van der Waals surface area contributed by atoms with Crippen molar-refractivity contribution in [3.8, 4) is 5.75 Å². The molecule has 1 aliphatic heterocycles. The predicted octanol–water partition coefficient (Wildman–Crippen LogP) is 2.56. The van der Waals surface area contributed by atoms with Crippen LogP contribution < -0.4 is 10.2 Å². The average Bonchev–Trinajstić information content (AvgIpc) is 2.70. The van der Waals surface area contributed by atoms with Gasteiger partial charge in [-0.1, -0.05) is 30.3 Å². The Kier molecular flexibility index (Phi) is 7.42. The summed E-state index contributed by atoms with van der Waals surface area (Å²) < 4.78 is 0. The molecule has 0 aliphatic carbocycles. The number of carbonyl (C=O) groups is 1. The highest BCUT2D eigenvalue weighted by atomic mass is 32.2. The van der Waals surface area contributed by atoms with Crippen molar-refractivity contribution in [1.29, 1.82) is 0 Å². The van der Waals surface area contributed by atoms with Crippen molar-refractivity contribution in [2.45, 2.75) is 5.75 Å². The first-order valence-corrected chi connectivity index (χ1v) is 10.5. The topological polar surface area (TPSA) is 55.8 Å². The number of benzene rings is 2. The number of nitrogens with zero attached hydrogens (tertiary/aromatic N) is 2. The molecule has 1 amide bonds. The van der Waals surface area contributed by atoms with E-state index in [1.807, 2.05) is 30.0 Å². The van der Waals surface area contributed by atoms with E-state index in [4.69, 9.17) is 0 Å². The van der Waals surface area contributed by atoms with Gasteiger partial charge in [0.2, 0.25) is 5.91 Å². The molecule has 0 radical (unpaired) electrons. The molecule has 1 heterocycles. The highest BCUT2D eigenvalue weighted by molar-refractivity contribution is 7.98. The van der Waals surface area contributed by atoms with Crippen LogP contribution in [0.4, 0.5) is 5.69 Å². The maximum atomic E-state index is 12.1. The molecule has 5 nitrogen and oxygen atoms in total. The monoisotopic (exact) mass is 385 g/mol. The Bertz CT molecular complexity index is 701. The van der Waals surface area contributed by atoms with Crippen LogP contribution >= 0.6 is 11.8 Å². The Morgan fingerprint density at radius 1 is 1.00 bits per heavy atom. The molecule has 2 aromatic carbocycles. The molecule has 2 aromatic rings. The standard InChI is InChI=1S/C21H27N3O2S/c25-20-8-6-19(7-9-20)24-13-11-23(12-14-24)16-21(26)22-10-15-27-17-18-4-2-1-3-5-18/h1-9,25H,10-17H2,(H,22,26). The third-order valence-corrected chi connectivity index (χ3v) is 5.66. The number of phenolic OH excluding ortho intramolecular Hbond substituents is 1. The third-order valence-electron chi connectivity index (χ3n) is 4.63. The quantitative estimate of drug-likeness (QED) is 0.684. The van der Waals surface area contributed by atoms with E-state index in [1.165, 1.54) is 5.56 Å². The van der Waals surface area contributed by atoms with Crippen molar-refractivity contribution in [3.05, 3.63) is 60.2 Å². The van der Waals surface area contributed by atoms with E-state index >= 15 is 0 Å². The number of carbonyl (C=O) groups excluding carboxylic acids is 1. The summed E-state index contributed by atoms with van der Waals surface area (Å²) in [7, 11) is 0. The molecule has 0 spiro atoms. The van der Waals surface area contributed by atoms with Gasteiger partial charge in [-0.2, -0.15) is 11.8 Å². The number of nitrogens with one attached hydrogen (secondary N) is 1. The highest BCUT2D eigenvalue weighted by Crippen LogP contribution is 2.19. The molecular formula is C21H27N3O2S. The predicted molar refractivity (Wildman–Crippen MR) is 112 cm³/mol. The van der Waals surface area contributed by atoms with Gasteiger partial charge in [0, 0.05) is 49.9 Å². The van der Waals surface area contributed by atoms with Gasteiger partial charge in [-0.15, -0.1) is 0 Å². The molecule has 6 heteroatoms. The number of hydrogen-bond acceptors (Lipinski definition) is 5. The van der Waals surface area contributed by atoms with Crippen molar-refractivity contribution in [2.24, 2.45) is 0 Å². The van der Waals surface area contributed by atoms with Gasteiger partial charge >= 0.3 is 0 Å². The zero-order valence-corrected chi connectivity index (χ0v) is 16.3. The van der Waals surface area contributed by atoms with Gasteiger partial charge in [-0.3, -0.25) is 9.69 Å². The summed E-state index contributed by atoms with van der Waals surface area (Å²) in [4.78, 5) is 16.6. The largest absolute Gasteiger partial charge is 0.508 e. The Labute approximate surface area is 165 Å². The highest BCUT2D eigenvalue weighted by Gasteiger charge is 2.19. The van der Waals surface area contributed by atoms with Gasteiger partial charge in [0.15, 0.2) is 0 Å². The fourth-order valence-corrected chi connectivity index (χ4v) is 3.93. The summed E-state index contributed by atoms with van der Waals surface area (Å²) in [6, 6.07) is 17.7. The molecule has 0 bridgehead atoms. The molecule has 1 fully saturated rings. The molecule has 27 heavy (non-hydrogen) atoms. The van der Waals surface area contributed by atoms with Crippen molar-refractivity contribution >= 4 is 23.4 Å². The normalized spacial score (nSPS) is 14.9. The summed E-state index contributed by atoms with van der Waals surface area (Å²) in [5, 5.41) is 12.4. The van der Waals surface area contributed by atoms with E-state index < -0.39 is 0 Å². The van der Waals surface area contributed by atoms with Gasteiger partial charge < -0.3 is 15.3 Å². The van der Waals surface area contributed by atoms with Gasteiger partial charge in [0.25, 0.3) is 0 Å². The van der Waals surface area contributed by atoms with E-state index in [9.17, 15) is 9.90 Å². The second-order valence-corrected chi connectivity index (χ2v) is 7.77. The number of piperazine rings is 1. The number of aromatic hydroxyl groups is 1. The van der Waals surface area contributed by atoms with Crippen LogP contribution in [0.2, 0.25) is 0 Å². The van der Waals surface area contributed by atoms with Crippen LogP contribution in [0.5, 0.6) is 5.75 Å². The minimum atomic E-state index is 0.105. The van der Waals surface area contributed by atoms with E-state index in [1.54, 1.807) is 12.1 Å². The Morgan fingerprint density at radius 2 is 1.70 bits per heavy atom. The molecule has 0 saturated carbocycles. The molecule has 0 atom stereocenters. The van der Waals surface area contributed by atoms with E-state index in [2.05, 4.69) is 39.4 Å². The SMILES string of the molecule is O=C(CN1CCN(c2ccc(O)cc2)CC1)NCCSCc1ccccc1. The maximum absolute atomic E-state index is 12.1. The van der Waals surface area contributed by atoms with Crippen LogP contribution in [0.1, 0.15) is 5.56 Å². The Balaban J connectivity index is 1.28. The zero-order chi connectivity index (χ0) is 18.9. The van der Waals surface area contributed by atoms with E-state index in [0.29, 0.717) is 13.1 Å². The number of hydrogen-bond donors (Lipinski definition) is 2. The molecule has 1 saturated heterocycles. The summed E-state index contributed by atoms with van der Waals surface area (Å²) in [5.74, 6) is 2.30. The van der Waals surface area contributed by atoms with Crippen LogP contribution in [0, 0.1) is 0 Å². The van der Waals surface area contributed by atoms with Gasteiger partial charge in [0.1, 0.15) is 5.75 Å².